The minimum atomic E-state index is -0.234. The maximum absolute atomic E-state index is 12.2. The third-order valence-electron chi connectivity index (χ3n) is 3.78. The summed E-state index contributed by atoms with van der Waals surface area (Å²) in [6, 6.07) is 9.15. The lowest BCUT2D eigenvalue weighted by Crippen LogP contribution is -2.43. The van der Waals surface area contributed by atoms with Crippen LogP contribution in [0.1, 0.15) is 19.8 Å². The summed E-state index contributed by atoms with van der Waals surface area (Å²) in [7, 11) is 0. The number of amides is 2. The van der Waals surface area contributed by atoms with E-state index < -0.39 is 0 Å². The van der Waals surface area contributed by atoms with Gasteiger partial charge in [0.2, 0.25) is 0 Å². The van der Waals surface area contributed by atoms with Gasteiger partial charge >= 0.3 is 6.03 Å². The van der Waals surface area contributed by atoms with Gasteiger partial charge in [-0.15, -0.1) is 0 Å². The minimum Gasteiger partial charge on any atom is -0.376 e. The molecule has 0 spiro atoms. The minimum absolute atomic E-state index is 0.0145. The van der Waals surface area contributed by atoms with E-state index in [1.165, 1.54) is 0 Å². The van der Waals surface area contributed by atoms with Crippen molar-refractivity contribution in [3.63, 3.8) is 0 Å². The van der Waals surface area contributed by atoms with Gasteiger partial charge in [0.25, 0.3) is 0 Å². The number of nitrogens with one attached hydrogen (secondary N) is 2. The first-order valence-corrected chi connectivity index (χ1v) is 7.52. The molecule has 0 aliphatic carbocycles. The van der Waals surface area contributed by atoms with Crippen LogP contribution in [0.3, 0.4) is 0 Å². The maximum Gasteiger partial charge on any atom is 0.319 e. The van der Waals surface area contributed by atoms with Crippen LogP contribution in [0.15, 0.2) is 42.7 Å². The van der Waals surface area contributed by atoms with Gasteiger partial charge in [-0.1, -0.05) is 12.1 Å². The first kappa shape index (κ1) is 14.6. The summed E-state index contributed by atoms with van der Waals surface area (Å²) in [6.07, 6.45) is 5.70. The van der Waals surface area contributed by atoms with Crippen molar-refractivity contribution in [3.8, 4) is 5.69 Å². The summed E-state index contributed by atoms with van der Waals surface area (Å²) >= 11 is 0. The molecule has 2 atom stereocenters. The van der Waals surface area contributed by atoms with Crippen LogP contribution in [0.25, 0.3) is 5.69 Å². The predicted molar refractivity (Wildman–Crippen MR) is 84.2 cm³/mol. The van der Waals surface area contributed by atoms with Crippen molar-refractivity contribution in [3.05, 3.63) is 42.7 Å². The van der Waals surface area contributed by atoms with Crippen molar-refractivity contribution in [1.82, 2.24) is 15.1 Å². The number of benzene rings is 1. The van der Waals surface area contributed by atoms with Gasteiger partial charge in [0.05, 0.1) is 23.5 Å². The van der Waals surface area contributed by atoms with E-state index in [0.29, 0.717) is 5.69 Å². The lowest BCUT2D eigenvalue weighted by molar-refractivity contribution is 0.0868. The molecule has 3 rings (SSSR count). The molecule has 116 valence electrons. The third-order valence-corrected chi connectivity index (χ3v) is 3.78. The Morgan fingerprint density at radius 1 is 1.41 bits per heavy atom. The summed E-state index contributed by atoms with van der Waals surface area (Å²) in [5.74, 6) is 0. The van der Waals surface area contributed by atoms with Crippen LogP contribution in [0.5, 0.6) is 0 Å². The number of aromatic nitrogens is 2. The van der Waals surface area contributed by atoms with Crippen LogP contribution in [0.4, 0.5) is 10.5 Å². The highest BCUT2D eigenvalue weighted by Gasteiger charge is 2.23. The number of para-hydroxylation sites is 2. The molecule has 0 bridgehead atoms. The van der Waals surface area contributed by atoms with Gasteiger partial charge in [-0.3, -0.25) is 0 Å². The molecule has 2 aromatic rings. The highest BCUT2D eigenvalue weighted by atomic mass is 16.5. The molecule has 6 heteroatoms. The van der Waals surface area contributed by atoms with E-state index in [2.05, 4.69) is 15.7 Å². The Morgan fingerprint density at radius 3 is 3.00 bits per heavy atom. The molecule has 22 heavy (non-hydrogen) atoms. The van der Waals surface area contributed by atoms with Crippen molar-refractivity contribution < 1.29 is 9.53 Å². The first-order valence-electron chi connectivity index (χ1n) is 7.52. The lowest BCUT2D eigenvalue weighted by atomic mass is 10.1. The molecule has 0 saturated carbocycles. The van der Waals surface area contributed by atoms with Gasteiger partial charge in [0.1, 0.15) is 0 Å². The molecular formula is C16H20N4O2. The summed E-state index contributed by atoms with van der Waals surface area (Å²) in [6.45, 7) is 2.75. The van der Waals surface area contributed by atoms with E-state index in [4.69, 9.17) is 4.74 Å². The van der Waals surface area contributed by atoms with Crippen molar-refractivity contribution in [2.45, 2.75) is 31.9 Å². The third kappa shape index (κ3) is 3.28. The Bertz CT molecular complexity index is 621. The fourth-order valence-electron chi connectivity index (χ4n) is 2.65. The molecule has 2 amide bonds. The van der Waals surface area contributed by atoms with E-state index in [9.17, 15) is 4.79 Å². The Labute approximate surface area is 129 Å². The Hall–Kier alpha value is -2.34. The quantitative estimate of drug-likeness (QED) is 0.912. The molecule has 1 aromatic heterocycles. The molecule has 1 aromatic carbocycles. The number of carbonyl (C=O) groups excluding carboxylic acids is 1. The number of ether oxygens (including phenoxy) is 1. The summed E-state index contributed by atoms with van der Waals surface area (Å²) < 4.78 is 7.31. The number of nitrogens with zero attached hydrogens (tertiary/aromatic N) is 2. The topological polar surface area (TPSA) is 68.2 Å². The zero-order valence-corrected chi connectivity index (χ0v) is 12.5. The second-order valence-corrected chi connectivity index (χ2v) is 5.41. The van der Waals surface area contributed by atoms with Crippen molar-refractivity contribution in [2.75, 3.05) is 11.9 Å². The smallest absolute Gasteiger partial charge is 0.319 e. The number of rotatable bonds is 4. The largest absolute Gasteiger partial charge is 0.376 e. The second kappa shape index (κ2) is 6.62. The average Bonchev–Trinajstić information content (AvgIpc) is 3.21. The lowest BCUT2D eigenvalue weighted by Gasteiger charge is -2.20. The highest BCUT2D eigenvalue weighted by molar-refractivity contribution is 5.91. The Balaban J connectivity index is 1.66. The van der Waals surface area contributed by atoms with E-state index >= 15 is 0 Å². The zero-order chi connectivity index (χ0) is 15.4. The fraction of sp³-hybridized carbons (Fsp3) is 0.375. The SMILES string of the molecule is C[C@@H](NC(=O)Nc1ccccc1-n1cccn1)[C@@H]1CCCO1. The van der Waals surface area contributed by atoms with Crippen LogP contribution in [0, 0.1) is 0 Å². The highest BCUT2D eigenvalue weighted by Crippen LogP contribution is 2.19. The van der Waals surface area contributed by atoms with E-state index in [1.54, 1.807) is 10.9 Å². The monoisotopic (exact) mass is 300 g/mol. The summed E-state index contributed by atoms with van der Waals surface area (Å²) in [5.41, 5.74) is 1.54. The van der Waals surface area contributed by atoms with Crippen LogP contribution in [-0.2, 0) is 4.74 Å². The van der Waals surface area contributed by atoms with Crippen LogP contribution >= 0.6 is 0 Å². The predicted octanol–water partition coefficient (Wildman–Crippen LogP) is 2.56. The van der Waals surface area contributed by atoms with Crippen molar-refractivity contribution in [2.24, 2.45) is 0 Å². The van der Waals surface area contributed by atoms with Crippen LogP contribution < -0.4 is 10.6 Å². The Morgan fingerprint density at radius 2 is 2.27 bits per heavy atom. The van der Waals surface area contributed by atoms with Gasteiger partial charge in [-0.05, 0) is 38.0 Å². The van der Waals surface area contributed by atoms with Gasteiger partial charge < -0.3 is 15.4 Å². The molecule has 1 aliphatic rings. The molecule has 0 radical (unpaired) electrons. The van der Waals surface area contributed by atoms with E-state index in [1.807, 2.05) is 43.5 Å². The number of anilines is 1. The van der Waals surface area contributed by atoms with Crippen LogP contribution in [-0.4, -0.2) is 34.6 Å². The first-order chi connectivity index (χ1) is 10.7. The molecule has 2 heterocycles. The van der Waals surface area contributed by atoms with Gasteiger partial charge in [0, 0.05) is 19.0 Å². The number of hydrogen-bond donors (Lipinski definition) is 2. The van der Waals surface area contributed by atoms with Crippen molar-refractivity contribution >= 4 is 11.7 Å². The molecular weight excluding hydrogens is 280 g/mol. The molecule has 1 fully saturated rings. The number of urea groups is 1. The number of hydrogen-bond acceptors (Lipinski definition) is 3. The molecule has 6 nitrogen and oxygen atoms in total. The maximum atomic E-state index is 12.2. The summed E-state index contributed by atoms with van der Waals surface area (Å²) in [5, 5.41) is 10.0. The second-order valence-electron chi connectivity index (χ2n) is 5.41. The van der Waals surface area contributed by atoms with E-state index in [-0.39, 0.29) is 18.2 Å². The molecule has 0 unspecified atom stereocenters. The Kier molecular flexibility index (Phi) is 4.39. The zero-order valence-electron chi connectivity index (χ0n) is 12.5. The summed E-state index contributed by atoms with van der Waals surface area (Å²) in [4.78, 5) is 12.2. The molecule has 2 N–H and O–H groups in total. The standard InChI is InChI=1S/C16H20N4O2/c1-12(15-8-4-11-22-15)18-16(21)19-13-6-2-3-7-14(13)20-10-5-9-17-20/h2-3,5-7,9-10,12,15H,4,8,11H2,1H3,(H2,18,19,21)/t12-,15+/m1/s1. The fourth-order valence-corrected chi connectivity index (χ4v) is 2.65. The van der Waals surface area contributed by atoms with Crippen molar-refractivity contribution in [1.29, 1.82) is 0 Å². The van der Waals surface area contributed by atoms with E-state index in [0.717, 1.165) is 25.1 Å². The van der Waals surface area contributed by atoms with Crippen LogP contribution in [0.2, 0.25) is 0 Å². The normalized spacial score (nSPS) is 18.9. The van der Waals surface area contributed by atoms with Gasteiger partial charge in [-0.25, -0.2) is 9.48 Å². The van der Waals surface area contributed by atoms with Gasteiger partial charge in [0.15, 0.2) is 0 Å². The van der Waals surface area contributed by atoms with Gasteiger partial charge in [-0.2, -0.15) is 5.10 Å². The molecule has 1 saturated heterocycles. The molecule has 1 aliphatic heterocycles. The number of carbonyl (C=O) groups is 1. The average molecular weight is 300 g/mol.